The Morgan fingerprint density at radius 3 is 2.41 bits per heavy atom. The number of alkyl halides is 1. The highest BCUT2D eigenvalue weighted by Gasteiger charge is 2.38. The van der Waals surface area contributed by atoms with Crippen molar-refractivity contribution >= 4 is 21.8 Å². The fraction of sp³-hybridized carbons (Fsp3) is 0.929. The second-order valence-electron chi connectivity index (χ2n) is 5.93. The molecule has 0 aromatic rings. The number of likely N-dealkylation sites (tertiary alicyclic amines) is 1. The topological polar surface area (TPSA) is 20.3 Å². The summed E-state index contributed by atoms with van der Waals surface area (Å²) in [6, 6.07) is 0.545. The van der Waals surface area contributed by atoms with Crippen LogP contribution in [0.5, 0.6) is 0 Å². The van der Waals surface area contributed by atoms with E-state index in [4.69, 9.17) is 0 Å². The van der Waals surface area contributed by atoms with Gasteiger partial charge in [0.05, 0.1) is 4.83 Å². The summed E-state index contributed by atoms with van der Waals surface area (Å²) in [5, 5.41) is 0. The van der Waals surface area contributed by atoms with Crippen molar-refractivity contribution in [2.45, 2.75) is 63.2 Å². The van der Waals surface area contributed by atoms with Crippen LogP contribution in [0.15, 0.2) is 0 Å². The molecule has 0 bridgehead atoms. The van der Waals surface area contributed by atoms with Gasteiger partial charge in [-0.05, 0) is 37.5 Å². The van der Waals surface area contributed by atoms with Gasteiger partial charge < -0.3 is 4.90 Å². The first-order valence-electron chi connectivity index (χ1n) is 7.06. The molecule has 98 valence electrons. The van der Waals surface area contributed by atoms with Gasteiger partial charge in [0.15, 0.2) is 0 Å². The number of carbonyl (C=O) groups is 1. The molecule has 2 nitrogen and oxygen atoms in total. The molecule has 1 amide bonds. The molecule has 0 N–H and O–H groups in total. The fourth-order valence-electron chi connectivity index (χ4n) is 3.34. The van der Waals surface area contributed by atoms with E-state index in [-0.39, 0.29) is 4.83 Å². The van der Waals surface area contributed by atoms with Crippen LogP contribution in [0.1, 0.15) is 52.4 Å². The van der Waals surface area contributed by atoms with Crippen LogP contribution in [-0.4, -0.2) is 28.2 Å². The minimum absolute atomic E-state index is 0.00417. The molecular weight excluding hydrogens is 278 g/mol. The van der Waals surface area contributed by atoms with Gasteiger partial charge in [0.1, 0.15) is 0 Å². The lowest BCUT2D eigenvalue weighted by Crippen LogP contribution is -2.44. The zero-order chi connectivity index (χ0) is 12.4. The van der Waals surface area contributed by atoms with E-state index in [1.807, 2.05) is 0 Å². The molecule has 1 aliphatic heterocycles. The number of hydrogen-bond acceptors (Lipinski definition) is 1. The predicted octanol–water partition coefficient (Wildman–Crippen LogP) is 3.59. The summed E-state index contributed by atoms with van der Waals surface area (Å²) in [5.74, 6) is 1.50. The van der Waals surface area contributed by atoms with E-state index in [1.165, 1.54) is 38.5 Å². The van der Waals surface area contributed by atoms with Crippen molar-refractivity contribution in [3.05, 3.63) is 0 Å². The highest BCUT2D eigenvalue weighted by molar-refractivity contribution is 9.10. The van der Waals surface area contributed by atoms with E-state index in [0.29, 0.717) is 17.9 Å². The second-order valence-corrected chi connectivity index (χ2v) is 6.92. The Kier molecular flexibility index (Phi) is 4.51. The highest BCUT2D eigenvalue weighted by atomic mass is 79.9. The smallest absolute Gasteiger partial charge is 0.236 e. The second kappa shape index (κ2) is 5.73. The maximum Gasteiger partial charge on any atom is 0.236 e. The molecule has 1 heterocycles. The van der Waals surface area contributed by atoms with E-state index < -0.39 is 0 Å². The van der Waals surface area contributed by atoms with Gasteiger partial charge >= 0.3 is 0 Å². The highest BCUT2D eigenvalue weighted by Crippen LogP contribution is 2.36. The first-order chi connectivity index (χ1) is 8.11. The van der Waals surface area contributed by atoms with Crippen LogP contribution in [0.2, 0.25) is 0 Å². The molecule has 17 heavy (non-hydrogen) atoms. The molecule has 2 rings (SSSR count). The van der Waals surface area contributed by atoms with Crippen molar-refractivity contribution in [2.24, 2.45) is 11.8 Å². The number of rotatable bonds is 3. The Morgan fingerprint density at radius 2 is 1.82 bits per heavy atom. The normalized spacial score (nSPS) is 28.0. The molecule has 2 aliphatic rings. The zero-order valence-electron chi connectivity index (χ0n) is 11.0. The standard InChI is InChI=1S/C14H24BrNO/c1-10(2)13(15)14(17)16-9-5-8-12(16)11-6-3-4-7-11/h10-13H,3-9H2,1-2H3. The maximum absolute atomic E-state index is 12.4. The minimum Gasteiger partial charge on any atom is -0.338 e. The van der Waals surface area contributed by atoms with Crippen LogP contribution in [0.3, 0.4) is 0 Å². The molecular formula is C14H24BrNO. The zero-order valence-corrected chi connectivity index (χ0v) is 12.6. The van der Waals surface area contributed by atoms with Gasteiger partial charge in [0.25, 0.3) is 0 Å². The predicted molar refractivity (Wildman–Crippen MR) is 74.2 cm³/mol. The molecule has 1 saturated carbocycles. The first-order valence-corrected chi connectivity index (χ1v) is 7.97. The van der Waals surface area contributed by atoms with Crippen LogP contribution in [0, 0.1) is 11.8 Å². The van der Waals surface area contributed by atoms with Gasteiger partial charge in [0, 0.05) is 12.6 Å². The summed E-state index contributed by atoms with van der Waals surface area (Å²) >= 11 is 3.56. The lowest BCUT2D eigenvalue weighted by molar-refractivity contribution is -0.132. The van der Waals surface area contributed by atoms with Gasteiger partial charge in [0.2, 0.25) is 5.91 Å². The molecule has 0 radical (unpaired) electrons. The van der Waals surface area contributed by atoms with Crippen molar-refractivity contribution in [1.29, 1.82) is 0 Å². The lowest BCUT2D eigenvalue weighted by atomic mass is 9.95. The van der Waals surface area contributed by atoms with Crippen molar-refractivity contribution in [3.63, 3.8) is 0 Å². The Balaban J connectivity index is 2.01. The third-order valence-corrected chi connectivity index (χ3v) is 5.80. The van der Waals surface area contributed by atoms with Crippen LogP contribution in [-0.2, 0) is 4.79 Å². The molecule has 1 aliphatic carbocycles. The van der Waals surface area contributed by atoms with E-state index in [2.05, 4.69) is 34.7 Å². The average molecular weight is 302 g/mol. The largest absolute Gasteiger partial charge is 0.338 e. The third-order valence-electron chi connectivity index (χ3n) is 4.35. The maximum atomic E-state index is 12.4. The van der Waals surface area contributed by atoms with Crippen LogP contribution in [0.4, 0.5) is 0 Å². The summed E-state index contributed by atoms with van der Waals surface area (Å²) < 4.78 is 0. The summed E-state index contributed by atoms with van der Waals surface area (Å²) in [5.41, 5.74) is 0. The molecule has 2 unspecified atom stereocenters. The Hall–Kier alpha value is -0.0500. The molecule has 3 heteroatoms. The Labute approximate surface area is 113 Å². The number of nitrogens with zero attached hydrogens (tertiary/aromatic N) is 1. The number of hydrogen-bond donors (Lipinski definition) is 0. The SMILES string of the molecule is CC(C)C(Br)C(=O)N1CCCC1C1CCCC1. The molecule has 0 aromatic carbocycles. The molecule has 2 fully saturated rings. The van der Waals surface area contributed by atoms with Crippen molar-refractivity contribution < 1.29 is 4.79 Å². The van der Waals surface area contributed by atoms with Crippen LogP contribution < -0.4 is 0 Å². The Morgan fingerprint density at radius 1 is 1.18 bits per heavy atom. The average Bonchev–Trinajstić information content (AvgIpc) is 2.96. The van der Waals surface area contributed by atoms with Gasteiger partial charge in [-0.25, -0.2) is 0 Å². The fourth-order valence-corrected chi connectivity index (χ4v) is 3.60. The quantitative estimate of drug-likeness (QED) is 0.730. The van der Waals surface area contributed by atoms with Gasteiger partial charge in [-0.1, -0.05) is 42.6 Å². The summed E-state index contributed by atoms with van der Waals surface area (Å²) in [6.07, 6.45) is 7.83. The van der Waals surface area contributed by atoms with Crippen molar-refractivity contribution in [3.8, 4) is 0 Å². The minimum atomic E-state index is 0.00417. The third kappa shape index (κ3) is 2.86. The summed E-state index contributed by atoms with van der Waals surface area (Å²) in [4.78, 5) is 14.6. The Bertz CT molecular complexity index is 273. The summed E-state index contributed by atoms with van der Waals surface area (Å²) in [7, 11) is 0. The van der Waals surface area contributed by atoms with E-state index >= 15 is 0 Å². The lowest BCUT2D eigenvalue weighted by Gasteiger charge is -2.31. The van der Waals surface area contributed by atoms with E-state index in [0.717, 1.165) is 12.5 Å². The molecule has 0 spiro atoms. The van der Waals surface area contributed by atoms with Crippen molar-refractivity contribution in [1.82, 2.24) is 4.90 Å². The van der Waals surface area contributed by atoms with Crippen LogP contribution >= 0.6 is 15.9 Å². The van der Waals surface area contributed by atoms with Gasteiger partial charge in [-0.2, -0.15) is 0 Å². The molecule has 2 atom stereocenters. The number of halogens is 1. The number of carbonyl (C=O) groups excluding carboxylic acids is 1. The van der Waals surface area contributed by atoms with E-state index in [1.54, 1.807) is 0 Å². The summed E-state index contributed by atoms with van der Waals surface area (Å²) in [6.45, 7) is 5.20. The van der Waals surface area contributed by atoms with Crippen molar-refractivity contribution in [2.75, 3.05) is 6.54 Å². The molecule has 1 saturated heterocycles. The van der Waals surface area contributed by atoms with Gasteiger partial charge in [-0.3, -0.25) is 4.79 Å². The molecule has 0 aromatic heterocycles. The number of amides is 1. The van der Waals surface area contributed by atoms with Gasteiger partial charge in [-0.15, -0.1) is 0 Å². The van der Waals surface area contributed by atoms with E-state index in [9.17, 15) is 4.79 Å². The van der Waals surface area contributed by atoms with Crippen LogP contribution in [0.25, 0.3) is 0 Å². The monoisotopic (exact) mass is 301 g/mol. The first kappa shape index (κ1) is 13.4.